The first-order valence-electron chi connectivity index (χ1n) is 17.4. The number of nitrogens with one attached hydrogen (secondary N) is 4. The molecule has 3 amide bonds. The number of guanidine groups is 2. The molecule has 2 aromatic carbocycles. The molecule has 3 rings (SSSR count). The van der Waals surface area contributed by atoms with Crippen molar-refractivity contribution in [2.75, 3.05) is 59.0 Å². The molecular formula is C34H48F2N14O4S2. The van der Waals surface area contributed by atoms with Crippen LogP contribution in [-0.2, 0) is 4.79 Å². The van der Waals surface area contributed by atoms with Crippen molar-refractivity contribution < 1.29 is 28.3 Å². The number of unbranched alkanes of at least 4 members (excludes halogenated alkanes) is 2. The van der Waals surface area contributed by atoms with E-state index in [2.05, 4.69) is 41.2 Å². The molecule has 1 aromatic heterocycles. The van der Waals surface area contributed by atoms with Crippen LogP contribution in [0.1, 0.15) is 59.5 Å². The summed E-state index contributed by atoms with van der Waals surface area (Å²) in [5.41, 5.74) is 32.6. The van der Waals surface area contributed by atoms with E-state index >= 15 is 0 Å². The van der Waals surface area contributed by atoms with Gasteiger partial charge in [0.05, 0.1) is 45.6 Å². The third-order valence-electron chi connectivity index (χ3n) is 7.39. The number of hydrogen-bond donors (Lipinski definition) is 11. The van der Waals surface area contributed by atoms with Crippen molar-refractivity contribution in [2.24, 2.45) is 44.4 Å². The molecule has 0 radical (unpaired) electrons. The second kappa shape index (κ2) is 23.6. The molecule has 0 fully saturated rings. The van der Waals surface area contributed by atoms with Crippen molar-refractivity contribution in [3.05, 3.63) is 59.7 Å². The Morgan fingerprint density at radius 1 is 0.696 bits per heavy atom. The highest BCUT2D eigenvalue weighted by Gasteiger charge is 2.21. The topological polar surface area (TPSA) is 326 Å². The van der Waals surface area contributed by atoms with Crippen molar-refractivity contribution in [3.8, 4) is 0 Å². The standard InChI is InChI=1S/C34H48F2N14O4S2/c35-19-13-21(47-27(51)5-1-3-7-37)29(55-11-9-43-33(39)40)23(15-19)49-31(53)25-17-26(46-18-45-25)32(54)50-24-16-20(36)14-22(48-28(52)6-2-4-8-38)30(24)56-12-10-44-34(41)42/h13-18,27,47,51H,1-12,37-38H2,(H,48,52)(H,49,53)(H,50,54)(H4,39,40,43)(H4,41,42,44). The smallest absolute Gasteiger partial charge is 0.274 e. The minimum atomic E-state index is -1.05. The minimum absolute atomic E-state index is 0.000954. The molecule has 0 aliphatic heterocycles. The fourth-order valence-electron chi connectivity index (χ4n) is 4.88. The van der Waals surface area contributed by atoms with Gasteiger partial charge >= 0.3 is 0 Å². The lowest BCUT2D eigenvalue weighted by Crippen LogP contribution is -2.23. The molecule has 17 N–H and O–H groups in total. The van der Waals surface area contributed by atoms with Crippen molar-refractivity contribution >= 4 is 75.9 Å². The number of aliphatic hydroxyl groups is 1. The number of carbonyl (C=O) groups excluding carboxylic acids is 3. The van der Waals surface area contributed by atoms with Gasteiger partial charge in [-0.05, 0) is 69.5 Å². The van der Waals surface area contributed by atoms with E-state index in [1.807, 2.05) is 0 Å². The van der Waals surface area contributed by atoms with Gasteiger partial charge in [-0.3, -0.25) is 24.4 Å². The number of amides is 3. The maximum atomic E-state index is 14.9. The van der Waals surface area contributed by atoms with Gasteiger partial charge in [0.15, 0.2) is 11.9 Å². The first-order valence-corrected chi connectivity index (χ1v) is 19.4. The predicted octanol–water partition coefficient (Wildman–Crippen LogP) is 1.92. The number of nitrogens with zero attached hydrogens (tertiary/aromatic N) is 4. The Hall–Kier alpha value is -5.29. The third kappa shape index (κ3) is 15.5. The number of nitrogens with two attached hydrogens (primary N) is 6. The van der Waals surface area contributed by atoms with Gasteiger partial charge < -0.3 is 60.8 Å². The van der Waals surface area contributed by atoms with Crippen LogP contribution < -0.4 is 55.7 Å². The van der Waals surface area contributed by atoms with E-state index in [4.69, 9.17) is 34.4 Å². The quantitative estimate of drug-likeness (QED) is 0.0214. The van der Waals surface area contributed by atoms with Gasteiger partial charge in [0.1, 0.15) is 35.6 Å². The van der Waals surface area contributed by atoms with Gasteiger partial charge in [-0.2, -0.15) is 0 Å². The molecule has 1 unspecified atom stereocenters. The number of hydrogen-bond acceptors (Lipinski definition) is 13. The van der Waals surface area contributed by atoms with Crippen LogP contribution in [0, 0.1) is 11.6 Å². The number of benzene rings is 2. The molecule has 3 aromatic rings. The zero-order valence-electron chi connectivity index (χ0n) is 30.5. The molecule has 0 aliphatic rings. The van der Waals surface area contributed by atoms with E-state index in [1.54, 1.807) is 0 Å². The van der Waals surface area contributed by atoms with Gasteiger partial charge in [-0.15, -0.1) is 23.5 Å². The summed E-state index contributed by atoms with van der Waals surface area (Å²) < 4.78 is 29.9. The minimum Gasteiger partial charge on any atom is -0.374 e. The molecule has 0 spiro atoms. The van der Waals surface area contributed by atoms with Crippen molar-refractivity contribution in [3.63, 3.8) is 0 Å². The Kier molecular flexibility index (Phi) is 19.0. The van der Waals surface area contributed by atoms with E-state index in [9.17, 15) is 28.3 Å². The number of rotatable bonds is 23. The maximum Gasteiger partial charge on any atom is 0.274 e. The van der Waals surface area contributed by atoms with Crippen LogP contribution >= 0.6 is 23.5 Å². The Balaban J connectivity index is 1.90. The van der Waals surface area contributed by atoms with Crippen LogP contribution in [0.5, 0.6) is 0 Å². The zero-order valence-corrected chi connectivity index (χ0v) is 32.2. The van der Waals surface area contributed by atoms with Crippen molar-refractivity contribution in [1.82, 2.24) is 9.97 Å². The fraction of sp³-hybridized carbons (Fsp3) is 0.382. The lowest BCUT2D eigenvalue weighted by atomic mass is 10.2. The van der Waals surface area contributed by atoms with Gasteiger partial charge in [-0.25, -0.2) is 18.7 Å². The number of anilines is 4. The molecule has 1 heterocycles. The van der Waals surface area contributed by atoms with Crippen molar-refractivity contribution in [1.29, 1.82) is 0 Å². The number of halogens is 2. The van der Waals surface area contributed by atoms with E-state index in [-0.39, 0.29) is 71.5 Å². The van der Waals surface area contributed by atoms with Gasteiger partial charge in [-0.1, -0.05) is 0 Å². The van der Waals surface area contributed by atoms with Crippen LogP contribution in [-0.4, -0.2) is 88.6 Å². The number of aliphatic hydroxyl groups excluding tert-OH is 1. The highest BCUT2D eigenvalue weighted by Crippen LogP contribution is 2.38. The summed E-state index contributed by atoms with van der Waals surface area (Å²) in [4.78, 5) is 56.3. The normalized spacial score (nSPS) is 11.3. The molecule has 56 heavy (non-hydrogen) atoms. The summed E-state index contributed by atoms with van der Waals surface area (Å²) in [6, 6.07) is 5.55. The number of carbonyl (C=O) groups is 3. The van der Waals surface area contributed by atoms with E-state index in [0.29, 0.717) is 66.5 Å². The summed E-state index contributed by atoms with van der Waals surface area (Å²) in [6.45, 7) is 1.24. The monoisotopic (exact) mass is 818 g/mol. The Bertz CT molecular complexity index is 1860. The van der Waals surface area contributed by atoms with Crippen LogP contribution in [0.25, 0.3) is 0 Å². The molecule has 0 saturated heterocycles. The SMILES string of the molecule is NCCCCC(=O)Nc1cc(F)cc(NC(=O)c2cc(C(=O)Nc3cc(F)cc(NC(O)CCCCN)c3SCCN=C(N)N)ncn2)c1SCCN=C(N)N. The number of aliphatic imine (C=N–C) groups is 2. The largest absolute Gasteiger partial charge is 0.374 e. The van der Waals surface area contributed by atoms with Crippen LogP contribution in [0.4, 0.5) is 31.5 Å². The summed E-state index contributed by atoms with van der Waals surface area (Å²) in [7, 11) is 0. The Labute approximate surface area is 330 Å². The molecule has 0 aliphatic carbocycles. The van der Waals surface area contributed by atoms with Crippen LogP contribution in [0.2, 0.25) is 0 Å². The number of thioether (sulfide) groups is 2. The molecule has 22 heteroatoms. The van der Waals surface area contributed by atoms with Crippen molar-refractivity contribution in [2.45, 2.75) is 54.5 Å². The highest BCUT2D eigenvalue weighted by molar-refractivity contribution is 7.99. The fourth-order valence-corrected chi connectivity index (χ4v) is 6.73. The highest BCUT2D eigenvalue weighted by atomic mass is 32.2. The summed E-state index contributed by atoms with van der Waals surface area (Å²) in [5.74, 6) is -3.16. The van der Waals surface area contributed by atoms with E-state index < -0.39 is 29.7 Å². The molecular weight excluding hydrogens is 771 g/mol. The summed E-state index contributed by atoms with van der Waals surface area (Å²) >= 11 is 2.34. The third-order valence-corrected chi connectivity index (χ3v) is 9.62. The van der Waals surface area contributed by atoms with Crippen LogP contribution in [0.3, 0.4) is 0 Å². The summed E-state index contributed by atoms with van der Waals surface area (Å²) in [5, 5.41) is 21.4. The maximum absolute atomic E-state index is 14.9. The molecule has 0 saturated carbocycles. The Morgan fingerprint density at radius 3 is 1.66 bits per heavy atom. The summed E-state index contributed by atoms with van der Waals surface area (Å²) in [6.07, 6.45) is 2.85. The molecule has 1 atom stereocenters. The first-order chi connectivity index (χ1) is 26.8. The van der Waals surface area contributed by atoms with Gasteiger partial charge in [0, 0.05) is 24.0 Å². The second-order valence-electron chi connectivity index (χ2n) is 11.9. The lowest BCUT2D eigenvalue weighted by molar-refractivity contribution is -0.116. The zero-order chi connectivity index (χ0) is 41.0. The van der Waals surface area contributed by atoms with Crippen LogP contribution in [0.15, 0.2) is 56.4 Å². The van der Waals surface area contributed by atoms with E-state index in [1.165, 1.54) is 17.8 Å². The second-order valence-corrected chi connectivity index (χ2v) is 14.1. The average Bonchev–Trinajstić information content (AvgIpc) is 3.13. The molecule has 304 valence electrons. The molecule has 0 bridgehead atoms. The Morgan fingerprint density at radius 2 is 1.16 bits per heavy atom. The van der Waals surface area contributed by atoms with Gasteiger partial charge in [0.2, 0.25) is 5.91 Å². The van der Waals surface area contributed by atoms with Gasteiger partial charge in [0.25, 0.3) is 11.8 Å². The van der Waals surface area contributed by atoms with E-state index in [0.717, 1.165) is 42.4 Å². The lowest BCUT2D eigenvalue weighted by Gasteiger charge is -2.20. The number of aromatic nitrogens is 2. The average molecular weight is 819 g/mol. The molecule has 18 nitrogen and oxygen atoms in total. The first kappa shape index (κ1) is 45.1. The predicted molar refractivity (Wildman–Crippen MR) is 218 cm³/mol.